The summed E-state index contributed by atoms with van der Waals surface area (Å²) >= 11 is 0. The standard InChI is InChI=1S/C27H34FN5O3/c1-17(2)29-7-8-30-27(34)20-13-22(19(4)36-21-6-5-18(3)23(28)15-21)26-24(14-20)31-16-25(32-26)33-9-11-35-12-10-33/h5-6,13-17,19,29H,7-12H2,1-4H3,(H,30,34). The van der Waals surface area contributed by atoms with Crippen molar-refractivity contribution in [2.75, 3.05) is 44.3 Å². The van der Waals surface area contributed by atoms with Gasteiger partial charge in [-0.3, -0.25) is 9.78 Å². The summed E-state index contributed by atoms with van der Waals surface area (Å²) in [6.45, 7) is 11.6. The highest BCUT2D eigenvalue weighted by Crippen LogP contribution is 2.30. The third kappa shape index (κ3) is 6.27. The minimum atomic E-state index is -0.501. The number of nitrogens with zero attached hydrogens (tertiary/aromatic N) is 3. The number of hydrogen-bond donors (Lipinski definition) is 2. The van der Waals surface area contributed by atoms with Crippen molar-refractivity contribution in [2.24, 2.45) is 0 Å². The summed E-state index contributed by atoms with van der Waals surface area (Å²) < 4.78 is 25.7. The van der Waals surface area contributed by atoms with Gasteiger partial charge in [0.05, 0.1) is 30.4 Å². The van der Waals surface area contributed by atoms with Crippen LogP contribution < -0.4 is 20.3 Å². The molecule has 192 valence electrons. The van der Waals surface area contributed by atoms with Crippen molar-refractivity contribution in [2.45, 2.75) is 39.8 Å². The van der Waals surface area contributed by atoms with Crippen molar-refractivity contribution in [3.05, 3.63) is 59.0 Å². The Morgan fingerprint density at radius 3 is 2.67 bits per heavy atom. The highest BCUT2D eigenvalue weighted by atomic mass is 19.1. The van der Waals surface area contributed by atoms with E-state index in [9.17, 15) is 9.18 Å². The summed E-state index contributed by atoms with van der Waals surface area (Å²) in [6, 6.07) is 8.67. The molecule has 0 saturated carbocycles. The fraction of sp³-hybridized carbons (Fsp3) is 0.444. The first-order valence-electron chi connectivity index (χ1n) is 12.4. The highest BCUT2D eigenvalue weighted by Gasteiger charge is 2.20. The van der Waals surface area contributed by atoms with E-state index in [-0.39, 0.29) is 11.7 Å². The third-order valence-electron chi connectivity index (χ3n) is 6.12. The molecule has 0 aliphatic carbocycles. The average molecular weight is 496 g/mol. The number of amides is 1. The van der Waals surface area contributed by atoms with Gasteiger partial charge < -0.3 is 25.0 Å². The molecule has 9 heteroatoms. The number of aryl methyl sites for hydroxylation is 1. The van der Waals surface area contributed by atoms with Gasteiger partial charge in [-0.25, -0.2) is 9.37 Å². The van der Waals surface area contributed by atoms with Crippen LogP contribution in [0.25, 0.3) is 11.0 Å². The zero-order valence-corrected chi connectivity index (χ0v) is 21.3. The topological polar surface area (TPSA) is 88.6 Å². The number of carbonyl (C=O) groups excluding carboxylic acids is 1. The molecule has 0 spiro atoms. The monoisotopic (exact) mass is 495 g/mol. The molecule has 8 nitrogen and oxygen atoms in total. The second-order valence-electron chi connectivity index (χ2n) is 9.30. The van der Waals surface area contributed by atoms with Gasteiger partial charge in [0.25, 0.3) is 5.91 Å². The Kier molecular flexibility index (Phi) is 8.32. The van der Waals surface area contributed by atoms with Gasteiger partial charge in [-0.15, -0.1) is 0 Å². The molecule has 1 saturated heterocycles. The maximum Gasteiger partial charge on any atom is 0.251 e. The Bertz CT molecular complexity index is 1210. The lowest BCUT2D eigenvalue weighted by Gasteiger charge is -2.28. The lowest BCUT2D eigenvalue weighted by atomic mass is 10.0. The number of hydrogen-bond acceptors (Lipinski definition) is 7. The number of carbonyl (C=O) groups is 1. The fourth-order valence-corrected chi connectivity index (χ4v) is 4.07. The molecule has 2 N–H and O–H groups in total. The van der Waals surface area contributed by atoms with Crippen LogP contribution in [0.15, 0.2) is 36.5 Å². The molecule has 4 rings (SSSR count). The maximum atomic E-state index is 14.1. The van der Waals surface area contributed by atoms with Crippen molar-refractivity contribution >= 4 is 22.8 Å². The quantitative estimate of drug-likeness (QED) is 0.437. The second kappa shape index (κ2) is 11.6. The van der Waals surface area contributed by atoms with Crippen LogP contribution in [-0.2, 0) is 4.74 Å². The molecule has 1 atom stereocenters. The lowest BCUT2D eigenvalue weighted by Crippen LogP contribution is -2.36. The van der Waals surface area contributed by atoms with Crippen LogP contribution in [0.5, 0.6) is 5.75 Å². The molecule has 2 heterocycles. The molecule has 2 aromatic carbocycles. The van der Waals surface area contributed by atoms with Crippen molar-refractivity contribution in [1.82, 2.24) is 20.6 Å². The number of nitrogens with one attached hydrogen (secondary N) is 2. The number of morpholine rings is 1. The fourth-order valence-electron chi connectivity index (χ4n) is 4.07. The van der Waals surface area contributed by atoms with Gasteiger partial charge >= 0.3 is 0 Å². The first-order valence-corrected chi connectivity index (χ1v) is 12.4. The van der Waals surface area contributed by atoms with E-state index in [0.717, 1.165) is 18.9 Å². The molecular weight excluding hydrogens is 461 g/mol. The number of fused-ring (bicyclic) bond motifs is 1. The van der Waals surface area contributed by atoms with Gasteiger partial charge in [-0.05, 0) is 37.6 Å². The van der Waals surface area contributed by atoms with E-state index in [1.54, 1.807) is 37.4 Å². The van der Waals surface area contributed by atoms with E-state index in [4.69, 9.17) is 14.5 Å². The smallest absolute Gasteiger partial charge is 0.251 e. The van der Waals surface area contributed by atoms with Crippen LogP contribution in [0.1, 0.15) is 48.4 Å². The minimum Gasteiger partial charge on any atom is -0.486 e. The van der Waals surface area contributed by atoms with Gasteiger partial charge in [0.15, 0.2) is 0 Å². The van der Waals surface area contributed by atoms with Crippen molar-refractivity contribution < 1.29 is 18.7 Å². The van der Waals surface area contributed by atoms with Gasteiger partial charge in [-0.1, -0.05) is 19.9 Å². The number of anilines is 1. The molecule has 1 aliphatic heterocycles. The Hall–Kier alpha value is -3.30. The Morgan fingerprint density at radius 2 is 1.94 bits per heavy atom. The van der Waals surface area contributed by atoms with Crippen molar-refractivity contribution in [3.63, 3.8) is 0 Å². The van der Waals surface area contributed by atoms with Crippen LogP contribution in [-0.4, -0.2) is 61.3 Å². The lowest BCUT2D eigenvalue weighted by molar-refractivity contribution is 0.0953. The largest absolute Gasteiger partial charge is 0.486 e. The summed E-state index contributed by atoms with van der Waals surface area (Å²) in [7, 11) is 0. The summed E-state index contributed by atoms with van der Waals surface area (Å²) in [4.78, 5) is 24.6. The molecule has 1 amide bonds. The molecule has 3 aromatic rings. The number of ether oxygens (including phenoxy) is 2. The van der Waals surface area contributed by atoms with Crippen LogP contribution in [0.4, 0.5) is 10.2 Å². The molecule has 1 aromatic heterocycles. The summed E-state index contributed by atoms with van der Waals surface area (Å²) in [5, 5.41) is 6.23. The summed E-state index contributed by atoms with van der Waals surface area (Å²) in [5.41, 5.74) is 2.98. The normalized spacial score (nSPS) is 14.8. The van der Waals surface area contributed by atoms with E-state index in [1.807, 2.05) is 6.92 Å². The van der Waals surface area contributed by atoms with Crippen molar-refractivity contribution in [1.29, 1.82) is 0 Å². The van der Waals surface area contributed by atoms with E-state index >= 15 is 0 Å². The predicted octanol–water partition coefficient (Wildman–Crippen LogP) is 3.78. The summed E-state index contributed by atoms with van der Waals surface area (Å²) in [6.07, 6.45) is 1.23. The number of rotatable bonds is 9. The van der Waals surface area contributed by atoms with Crippen LogP contribution in [0.3, 0.4) is 0 Å². The highest BCUT2D eigenvalue weighted by molar-refractivity contribution is 5.98. The first-order chi connectivity index (χ1) is 17.3. The average Bonchev–Trinajstić information content (AvgIpc) is 2.88. The number of aromatic nitrogens is 2. The molecule has 1 aliphatic rings. The third-order valence-corrected chi connectivity index (χ3v) is 6.12. The Morgan fingerprint density at radius 1 is 1.17 bits per heavy atom. The van der Waals surface area contributed by atoms with Gasteiger partial charge in [0.2, 0.25) is 0 Å². The van der Waals surface area contributed by atoms with Gasteiger partial charge in [0.1, 0.15) is 23.5 Å². The van der Waals surface area contributed by atoms with E-state index in [1.165, 1.54) is 6.07 Å². The Balaban J connectivity index is 1.66. The van der Waals surface area contributed by atoms with E-state index in [0.29, 0.717) is 65.8 Å². The molecular formula is C27H34FN5O3. The number of halogens is 1. The van der Waals surface area contributed by atoms with E-state index < -0.39 is 6.10 Å². The van der Waals surface area contributed by atoms with Gasteiger partial charge in [0, 0.05) is 49.4 Å². The SMILES string of the molecule is Cc1ccc(OC(C)c2cc(C(=O)NCCNC(C)C)cc3ncc(N4CCOCC4)nc23)cc1F. The van der Waals surface area contributed by atoms with Gasteiger partial charge in [-0.2, -0.15) is 0 Å². The first kappa shape index (κ1) is 25.8. The zero-order valence-electron chi connectivity index (χ0n) is 21.3. The number of benzene rings is 2. The molecule has 36 heavy (non-hydrogen) atoms. The minimum absolute atomic E-state index is 0.198. The molecule has 0 bridgehead atoms. The van der Waals surface area contributed by atoms with Crippen LogP contribution in [0.2, 0.25) is 0 Å². The summed E-state index contributed by atoms with van der Waals surface area (Å²) in [5.74, 6) is 0.627. The predicted molar refractivity (Wildman–Crippen MR) is 138 cm³/mol. The molecule has 1 fully saturated rings. The second-order valence-corrected chi connectivity index (χ2v) is 9.30. The Labute approximate surface area is 211 Å². The maximum absolute atomic E-state index is 14.1. The van der Waals surface area contributed by atoms with Crippen molar-refractivity contribution in [3.8, 4) is 5.75 Å². The molecule has 0 radical (unpaired) electrons. The van der Waals surface area contributed by atoms with Crippen LogP contribution in [0, 0.1) is 12.7 Å². The zero-order chi connectivity index (χ0) is 25.7. The molecule has 1 unspecified atom stereocenters. The van der Waals surface area contributed by atoms with E-state index in [2.05, 4.69) is 34.4 Å². The van der Waals surface area contributed by atoms with Crippen LogP contribution >= 0.6 is 0 Å².